The number of non-ortho nitro benzene ring substituents is 1. The number of halogens is 1. The first kappa shape index (κ1) is 13.6. The molecule has 17 heavy (non-hydrogen) atoms. The summed E-state index contributed by atoms with van der Waals surface area (Å²) in [7, 11) is 0. The first-order chi connectivity index (χ1) is 7.71. The zero-order chi connectivity index (χ0) is 13.2. The minimum atomic E-state index is -0.552. The Bertz CT molecular complexity index is 466. The van der Waals surface area contributed by atoms with Gasteiger partial charge in [0.15, 0.2) is 0 Å². The van der Waals surface area contributed by atoms with E-state index < -0.39 is 10.3 Å². The lowest BCUT2D eigenvalue weighted by molar-refractivity contribution is -0.384. The molecule has 5 nitrogen and oxygen atoms in total. The molecule has 0 heterocycles. The van der Waals surface area contributed by atoms with Crippen LogP contribution in [-0.4, -0.2) is 10.8 Å². The predicted molar refractivity (Wildman–Crippen MR) is 68.9 cm³/mol. The Morgan fingerprint density at radius 3 is 2.47 bits per heavy atom. The highest BCUT2D eigenvalue weighted by molar-refractivity contribution is 9.10. The fraction of sp³-hybridized carbons (Fsp3) is 0.364. The molecule has 0 atom stereocenters. The molecule has 0 fully saturated rings. The lowest BCUT2D eigenvalue weighted by atomic mass is 9.95. The van der Waals surface area contributed by atoms with Gasteiger partial charge in [-0.1, -0.05) is 20.8 Å². The van der Waals surface area contributed by atoms with Crippen molar-refractivity contribution >= 4 is 33.2 Å². The Kier molecular flexibility index (Phi) is 3.87. The van der Waals surface area contributed by atoms with Gasteiger partial charge in [-0.25, -0.2) is 0 Å². The number of nitro groups is 1. The predicted octanol–water partition coefficient (Wildman–Crippen LogP) is 3.34. The number of hydrogen-bond acceptors (Lipinski definition) is 3. The van der Waals surface area contributed by atoms with Crippen molar-refractivity contribution < 1.29 is 9.72 Å². The van der Waals surface area contributed by atoms with E-state index in [0.29, 0.717) is 10.2 Å². The average Bonchev–Trinajstić information content (AvgIpc) is 2.19. The first-order valence-corrected chi connectivity index (χ1v) is 5.76. The number of carbonyl (C=O) groups excluding carboxylic acids is 1. The molecule has 0 saturated carbocycles. The van der Waals surface area contributed by atoms with Crippen molar-refractivity contribution in [3.8, 4) is 0 Å². The molecule has 1 amide bonds. The van der Waals surface area contributed by atoms with E-state index in [1.54, 1.807) is 20.8 Å². The van der Waals surface area contributed by atoms with Gasteiger partial charge in [-0.15, -0.1) is 0 Å². The third-order valence-corrected chi connectivity index (χ3v) is 2.78. The van der Waals surface area contributed by atoms with E-state index in [1.165, 1.54) is 18.2 Å². The fourth-order valence-electron chi connectivity index (χ4n) is 1.03. The Morgan fingerprint density at radius 1 is 1.41 bits per heavy atom. The number of carbonyl (C=O) groups is 1. The van der Waals surface area contributed by atoms with Gasteiger partial charge in [0.2, 0.25) is 5.91 Å². The first-order valence-electron chi connectivity index (χ1n) is 4.97. The highest BCUT2D eigenvalue weighted by Crippen LogP contribution is 2.28. The monoisotopic (exact) mass is 300 g/mol. The van der Waals surface area contributed by atoms with Gasteiger partial charge < -0.3 is 5.32 Å². The van der Waals surface area contributed by atoms with E-state index >= 15 is 0 Å². The molecule has 1 aromatic rings. The third kappa shape index (κ3) is 3.52. The van der Waals surface area contributed by atoms with Crippen molar-refractivity contribution in [3.05, 3.63) is 32.8 Å². The van der Waals surface area contributed by atoms with Gasteiger partial charge >= 0.3 is 0 Å². The molecule has 6 heteroatoms. The molecule has 1 rings (SSSR count). The largest absolute Gasteiger partial charge is 0.324 e. The van der Waals surface area contributed by atoms with Gasteiger partial charge in [-0.2, -0.15) is 0 Å². The zero-order valence-corrected chi connectivity index (χ0v) is 11.4. The van der Waals surface area contributed by atoms with Crippen LogP contribution >= 0.6 is 15.9 Å². The van der Waals surface area contributed by atoms with E-state index in [2.05, 4.69) is 21.2 Å². The maximum atomic E-state index is 11.8. The Balaban J connectivity index is 3.02. The fourth-order valence-corrected chi connectivity index (χ4v) is 1.38. The summed E-state index contributed by atoms with van der Waals surface area (Å²) in [6.07, 6.45) is 0. The number of benzene rings is 1. The van der Waals surface area contributed by atoms with Crippen molar-refractivity contribution in [2.75, 3.05) is 5.32 Å². The van der Waals surface area contributed by atoms with E-state index in [-0.39, 0.29) is 11.6 Å². The summed E-state index contributed by atoms with van der Waals surface area (Å²) in [6.45, 7) is 5.31. The molecule has 92 valence electrons. The van der Waals surface area contributed by atoms with Gasteiger partial charge in [0, 0.05) is 22.0 Å². The van der Waals surface area contributed by atoms with Crippen LogP contribution < -0.4 is 5.32 Å². The third-order valence-electron chi connectivity index (χ3n) is 2.09. The smallest absolute Gasteiger partial charge is 0.271 e. The summed E-state index contributed by atoms with van der Waals surface area (Å²) in [5, 5.41) is 13.3. The molecule has 0 aliphatic carbocycles. The average molecular weight is 301 g/mol. The Morgan fingerprint density at radius 2 is 2.00 bits per heavy atom. The van der Waals surface area contributed by atoms with Crippen LogP contribution in [0.15, 0.2) is 22.7 Å². The molecular formula is C11H13BrN2O3. The highest BCUT2D eigenvalue weighted by atomic mass is 79.9. The van der Waals surface area contributed by atoms with E-state index in [4.69, 9.17) is 0 Å². The van der Waals surface area contributed by atoms with Crippen LogP contribution in [0.4, 0.5) is 11.4 Å². The number of nitrogens with zero attached hydrogens (tertiary/aromatic N) is 1. The van der Waals surface area contributed by atoms with Crippen LogP contribution in [0, 0.1) is 15.5 Å². The van der Waals surface area contributed by atoms with Crippen molar-refractivity contribution in [2.24, 2.45) is 5.41 Å². The molecule has 0 radical (unpaired) electrons. The second-order valence-electron chi connectivity index (χ2n) is 4.63. The molecular weight excluding hydrogens is 288 g/mol. The summed E-state index contributed by atoms with van der Waals surface area (Å²) in [6, 6.07) is 4.24. The van der Waals surface area contributed by atoms with Crippen LogP contribution in [-0.2, 0) is 4.79 Å². The van der Waals surface area contributed by atoms with Gasteiger partial charge in [0.05, 0.1) is 10.6 Å². The lowest BCUT2D eigenvalue weighted by Gasteiger charge is -2.18. The topological polar surface area (TPSA) is 72.2 Å². The maximum Gasteiger partial charge on any atom is 0.271 e. The quantitative estimate of drug-likeness (QED) is 0.672. The van der Waals surface area contributed by atoms with E-state index in [9.17, 15) is 14.9 Å². The number of nitrogens with one attached hydrogen (secondary N) is 1. The molecule has 0 aliphatic rings. The number of anilines is 1. The Labute approximate surface area is 107 Å². The normalized spacial score (nSPS) is 11.1. The van der Waals surface area contributed by atoms with E-state index in [1.807, 2.05) is 0 Å². The summed E-state index contributed by atoms with van der Waals surface area (Å²) in [5.74, 6) is -0.196. The lowest BCUT2D eigenvalue weighted by Crippen LogP contribution is -2.27. The van der Waals surface area contributed by atoms with Crippen LogP contribution in [0.5, 0.6) is 0 Å². The molecule has 0 aromatic heterocycles. The summed E-state index contributed by atoms with van der Waals surface area (Å²) in [5.41, 5.74) is -0.208. The highest BCUT2D eigenvalue weighted by Gasteiger charge is 2.22. The molecule has 0 aliphatic heterocycles. The number of amides is 1. The van der Waals surface area contributed by atoms with Crippen LogP contribution in [0.25, 0.3) is 0 Å². The molecule has 1 N–H and O–H groups in total. The van der Waals surface area contributed by atoms with Crippen molar-refractivity contribution in [2.45, 2.75) is 20.8 Å². The Hall–Kier alpha value is -1.43. The standard InChI is InChI=1S/C11H13BrN2O3/c1-11(2,3)10(15)13-9-6-7(14(16)17)4-5-8(9)12/h4-6H,1-3H3,(H,13,15). The number of nitro benzene ring substituents is 1. The number of hydrogen-bond donors (Lipinski definition) is 1. The van der Waals surface area contributed by atoms with Crippen LogP contribution in [0.3, 0.4) is 0 Å². The van der Waals surface area contributed by atoms with E-state index in [0.717, 1.165) is 0 Å². The number of rotatable bonds is 2. The van der Waals surface area contributed by atoms with Crippen molar-refractivity contribution in [3.63, 3.8) is 0 Å². The molecule has 0 spiro atoms. The summed E-state index contributed by atoms with van der Waals surface area (Å²) >= 11 is 3.24. The van der Waals surface area contributed by atoms with Crippen LogP contribution in [0.1, 0.15) is 20.8 Å². The summed E-state index contributed by atoms with van der Waals surface area (Å²) in [4.78, 5) is 21.9. The second-order valence-corrected chi connectivity index (χ2v) is 5.48. The summed E-state index contributed by atoms with van der Waals surface area (Å²) < 4.78 is 0.612. The van der Waals surface area contributed by atoms with Gasteiger partial charge in [0.25, 0.3) is 5.69 Å². The molecule has 0 saturated heterocycles. The van der Waals surface area contributed by atoms with Gasteiger partial charge in [-0.05, 0) is 22.0 Å². The van der Waals surface area contributed by atoms with Gasteiger partial charge in [-0.3, -0.25) is 14.9 Å². The molecule has 1 aromatic carbocycles. The molecule has 0 bridgehead atoms. The van der Waals surface area contributed by atoms with Crippen molar-refractivity contribution in [1.82, 2.24) is 0 Å². The van der Waals surface area contributed by atoms with Gasteiger partial charge in [0.1, 0.15) is 0 Å². The minimum Gasteiger partial charge on any atom is -0.324 e. The molecule has 0 unspecified atom stereocenters. The van der Waals surface area contributed by atoms with Crippen molar-refractivity contribution in [1.29, 1.82) is 0 Å². The maximum absolute atomic E-state index is 11.8. The SMILES string of the molecule is CC(C)(C)C(=O)Nc1cc([N+](=O)[O-])ccc1Br. The van der Waals surface area contributed by atoms with Crippen LogP contribution in [0.2, 0.25) is 0 Å². The minimum absolute atomic E-state index is 0.0580. The second kappa shape index (κ2) is 4.83. The zero-order valence-electron chi connectivity index (χ0n) is 9.78.